The first-order chi connectivity index (χ1) is 13.1. The van der Waals surface area contributed by atoms with E-state index >= 15 is 0 Å². The van der Waals surface area contributed by atoms with Gasteiger partial charge in [0.1, 0.15) is 12.4 Å². The van der Waals surface area contributed by atoms with E-state index in [0.29, 0.717) is 28.0 Å². The van der Waals surface area contributed by atoms with Gasteiger partial charge in [0.25, 0.3) is 5.91 Å². The van der Waals surface area contributed by atoms with Crippen molar-refractivity contribution < 1.29 is 9.53 Å². The Kier molecular flexibility index (Phi) is 6.47. The molecule has 3 rings (SSSR count). The van der Waals surface area contributed by atoms with Crippen molar-refractivity contribution in [3.63, 3.8) is 0 Å². The molecule has 0 aliphatic heterocycles. The molecule has 0 aliphatic rings. The van der Waals surface area contributed by atoms with Gasteiger partial charge in [-0.05, 0) is 53.6 Å². The van der Waals surface area contributed by atoms with Gasteiger partial charge in [-0.2, -0.15) is 5.10 Å². The fourth-order valence-corrected chi connectivity index (χ4v) is 2.65. The van der Waals surface area contributed by atoms with Crippen LogP contribution in [0, 0.1) is 0 Å². The summed E-state index contributed by atoms with van der Waals surface area (Å²) in [5.41, 5.74) is 4.75. The van der Waals surface area contributed by atoms with Crippen LogP contribution in [0.3, 0.4) is 0 Å². The first kappa shape index (κ1) is 19.0. The molecule has 0 heterocycles. The van der Waals surface area contributed by atoms with E-state index in [1.165, 1.54) is 6.21 Å². The molecule has 0 fully saturated rings. The number of ether oxygens (including phenoxy) is 1. The Balaban J connectivity index is 1.57. The maximum absolute atomic E-state index is 11.9. The van der Waals surface area contributed by atoms with Crippen LogP contribution in [-0.4, -0.2) is 12.1 Å². The number of nitrogens with zero attached hydrogens (tertiary/aromatic N) is 1. The van der Waals surface area contributed by atoms with Gasteiger partial charge in [-0.3, -0.25) is 4.79 Å². The van der Waals surface area contributed by atoms with Gasteiger partial charge in [0.2, 0.25) is 0 Å². The molecule has 0 aliphatic carbocycles. The van der Waals surface area contributed by atoms with Crippen molar-refractivity contribution in [1.29, 1.82) is 0 Å². The molecule has 1 amide bonds. The van der Waals surface area contributed by atoms with Gasteiger partial charge in [-0.1, -0.05) is 53.5 Å². The van der Waals surface area contributed by atoms with Crippen LogP contribution in [0.1, 0.15) is 21.5 Å². The molecule has 27 heavy (non-hydrogen) atoms. The summed E-state index contributed by atoms with van der Waals surface area (Å²) in [6, 6.07) is 21.6. The Hall–Kier alpha value is -2.82. The van der Waals surface area contributed by atoms with Gasteiger partial charge in [-0.15, -0.1) is 0 Å². The summed E-state index contributed by atoms with van der Waals surface area (Å²) in [6.07, 6.45) is 1.52. The molecule has 4 nitrogen and oxygen atoms in total. The minimum Gasteiger partial charge on any atom is -0.487 e. The van der Waals surface area contributed by atoms with Crippen molar-refractivity contribution in [2.45, 2.75) is 6.61 Å². The highest BCUT2D eigenvalue weighted by atomic mass is 35.5. The van der Waals surface area contributed by atoms with Crippen molar-refractivity contribution >= 4 is 35.3 Å². The molecular weight excluding hydrogens is 383 g/mol. The number of nitrogens with one attached hydrogen (secondary N) is 1. The molecule has 6 heteroatoms. The number of hydrogen-bond acceptors (Lipinski definition) is 3. The van der Waals surface area contributed by atoms with Gasteiger partial charge in [0.05, 0.1) is 11.2 Å². The summed E-state index contributed by atoms with van der Waals surface area (Å²) in [6.45, 7) is 0.386. The SMILES string of the molecule is O=C(N/N=C\c1ccc(OCc2ccc(Cl)cc2)c(Cl)c1)c1ccccc1. The molecular formula is C21H16Cl2N2O2. The first-order valence-electron chi connectivity index (χ1n) is 8.17. The van der Waals surface area contributed by atoms with Crippen LogP contribution < -0.4 is 10.2 Å². The standard InChI is InChI=1S/C21H16Cl2N2O2/c22-18-9-6-15(7-10-18)14-27-20-11-8-16(12-19(20)23)13-24-25-21(26)17-4-2-1-3-5-17/h1-13H,14H2,(H,25,26)/b24-13-. The number of carbonyl (C=O) groups excluding carboxylic acids is 1. The minimum atomic E-state index is -0.277. The van der Waals surface area contributed by atoms with Gasteiger partial charge < -0.3 is 4.74 Å². The van der Waals surface area contributed by atoms with Gasteiger partial charge in [-0.25, -0.2) is 5.43 Å². The topological polar surface area (TPSA) is 50.7 Å². The van der Waals surface area contributed by atoms with E-state index in [1.807, 2.05) is 30.3 Å². The first-order valence-corrected chi connectivity index (χ1v) is 8.92. The van der Waals surface area contributed by atoms with Crippen LogP contribution in [0.15, 0.2) is 77.9 Å². The van der Waals surface area contributed by atoms with Gasteiger partial charge >= 0.3 is 0 Å². The monoisotopic (exact) mass is 398 g/mol. The Morgan fingerprint density at radius 1 is 1.00 bits per heavy atom. The summed E-state index contributed by atoms with van der Waals surface area (Å²) in [4.78, 5) is 11.9. The maximum atomic E-state index is 11.9. The van der Waals surface area contributed by atoms with E-state index in [4.69, 9.17) is 27.9 Å². The van der Waals surface area contributed by atoms with Crippen LogP contribution in [0.2, 0.25) is 10.0 Å². The summed E-state index contributed by atoms with van der Waals surface area (Å²) >= 11 is 12.1. The molecule has 3 aromatic rings. The highest BCUT2D eigenvalue weighted by molar-refractivity contribution is 6.32. The molecule has 0 saturated heterocycles. The second kappa shape index (κ2) is 9.21. The lowest BCUT2D eigenvalue weighted by Gasteiger charge is -2.08. The summed E-state index contributed by atoms with van der Waals surface area (Å²) in [7, 11) is 0. The lowest BCUT2D eigenvalue weighted by molar-refractivity contribution is 0.0955. The predicted octanol–water partition coefficient (Wildman–Crippen LogP) is 5.34. The van der Waals surface area contributed by atoms with E-state index in [0.717, 1.165) is 11.1 Å². The third-order valence-electron chi connectivity index (χ3n) is 3.68. The third kappa shape index (κ3) is 5.58. The Morgan fingerprint density at radius 3 is 2.44 bits per heavy atom. The Morgan fingerprint density at radius 2 is 1.74 bits per heavy atom. The number of rotatable bonds is 6. The van der Waals surface area contributed by atoms with Crippen molar-refractivity contribution in [2.24, 2.45) is 5.10 Å². The summed E-state index contributed by atoms with van der Waals surface area (Å²) in [5, 5.41) is 5.09. The zero-order valence-corrected chi connectivity index (χ0v) is 15.7. The number of carbonyl (C=O) groups is 1. The number of halogens is 2. The second-order valence-corrected chi connectivity index (χ2v) is 6.51. The van der Waals surface area contributed by atoms with Crippen molar-refractivity contribution in [3.8, 4) is 5.75 Å². The van der Waals surface area contributed by atoms with E-state index in [2.05, 4.69) is 10.5 Å². The quantitative estimate of drug-likeness (QED) is 0.450. The van der Waals surface area contributed by atoms with Crippen LogP contribution in [0.4, 0.5) is 0 Å². The van der Waals surface area contributed by atoms with Crippen molar-refractivity contribution in [1.82, 2.24) is 5.43 Å². The Bertz CT molecular complexity index is 942. The average molecular weight is 399 g/mol. The summed E-state index contributed by atoms with van der Waals surface area (Å²) < 4.78 is 5.73. The highest BCUT2D eigenvalue weighted by Gasteiger charge is 2.04. The molecule has 0 bridgehead atoms. The molecule has 3 aromatic carbocycles. The lowest BCUT2D eigenvalue weighted by Crippen LogP contribution is -2.17. The van der Waals surface area contributed by atoms with Crippen LogP contribution >= 0.6 is 23.2 Å². The average Bonchev–Trinajstić information content (AvgIpc) is 2.69. The molecule has 1 N–H and O–H groups in total. The molecule has 0 radical (unpaired) electrons. The zero-order chi connectivity index (χ0) is 19.1. The largest absolute Gasteiger partial charge is 0.487 e. The fourth-order valence-electron chi connectivity index (χ4n) is 2.28. The number of hydrogen-bond donors (Lipinski definition) is 1. The molecule has 0 unspecified atom stereocenters. The molecule has 0 spiro atoms. The van der Waals surface area contributed by atoms with E-state index < -0.39 is 0 Å². The van der Waals surface area contributed by atoms with Gasteiger partial charge in [0, 0.05) is 10.6 Å². The Labute approximate surface area is 167 Å². The molecule has 0 saturated carbocycles. The normalized spacial score (nSPS) is 10.7. The number of amides is 1. The molecule has 0 atom stereocenters. The smallest absolute Gasteiger partial charge is 0.271 e. The van der Waals surface area contributed by atoms with E-state index in [1.54, 1.807) is 42.5 Å². The van der Waals surface area contributed by atoms with Gasteiger partial charge in [0.15, 0.2) is 0 Å². The van der Waals surface area contributed by atoms with E-state index in [9.17, 15) is 4.79 Å². The van der Waals surface area contributed by atoms with Crippen LogP contribution in [-0.2, 0) is 6.61 Å². The van der Waals surface area contributed by atoms with Crippen molar-refractivity contribution in [3.05, 3.63) is 99.5 Å². The number of hydrazone groups is 1. The zero-order valence-electron chi connectivity index (χ0n) is 14.2. The van der Waals surface area contributed by atoms with E-state index in [-0.39, 0.29) is 5.91 Å². The molecule has 0 aromatic heterocycles. The van der Waals surface area contributed by atoms with Crippen LogP contribution in [0.5, 0.6) is 5.75 Å². The second-order valence-electron chi connectivity index (χ2n) is 5.67. The lowest BCUT2D eigenvalue weighted by atomic mass is 10.2. The molecule has 136 valence electrons. The highest BCUT2D eigenvalue weighted by Crippen LogP contribution is 2.26. The maximum Gasteiger partial charge on any atom is 0.271 e. The minimum absolute atomic E-state index is 0.277. The summed E-state index contributed by atoms with van der Waals surface area (Å²) in [5.74, 6) is 0.290. The van der Waals surface area contributed by atoms with Crippen LogP contribution in [0.25, 0.3) is 0 Å². The third-order valence-corrected chi connectivity index (χ3v) is 4.23. The number of benzene rings is 3. The van der Waals surface area contributed by atoms with Crippen molar-refractivity contribution in [2.75, 3.05) is 0 Å². The predicted molar refractivity (Wildman–Crippen MR) is 109 cm³/mol. The fraction of sp³-hybridized carbons (Fsp3) is 0.0476.